The quantitative estimate of drug-likeness (QED) is 0.450. The van der Waals surface area contributed by atoms with Gasteiger partial charge in [0.1, 0.15) is 23.7 Å². The van der Waals surface area contributed by atoms with E-state index in [2.05, 4.69) is 10.6 Å². The van der Waals surface area contributed by atoms with Crippen LogP contribution < -0.4 is 10.6 Å². The van der Waals surface area contributed by atoms with Gasteiger partial charge in [0.15, 0.2) is 0 Å². The van der Waals surface area contributed by atoms with Crippen LogP contribution in [-0.4, -0.2) is 34.2 Å². The summed E-state index contributed by atoms with van der Waals surface area (Å²) in [5.41, 5.74) is -2.44. The van der Waals surface area contributed by atoms with Gasteiger partial charge in [-0.2, -0.15) is 0 Å². The van der Waals surface area contributed by atoms with Crippen LogP contribution in [0.4, 0.5) is 25.0 Å². The third kappa shape index (κ3) is 3.74. The van der Waals surface area contributed by atoms with E-state index in [9.17, 15) is 33.3 Å². The number of benzene rings is 2. The second-order valence-electron chi connectivity index (χ2n) is 6.43. The molecule has 0 bridgehead atoms. The van der Waals surface area contributed by atoms with Crippen molar-refractivity contribution in [2.75, 3.05) is 11.9 Å². The average molecular weight is 404 g/mol. The number of non-ortho nitro benzene ring substituents is 1. The summed E-state index contributed by atoms with van der Waals surface area (Å²) in [6.45, 7) is 0.476. The topological polar surface area (TPSA) is 122 Å². The first kappa shape index (κ1) is 19.9. The molecule has 1 atom stereocenters. The second-order valence-corrected chi connectivity index (χ2v) is 6.43. The minimum Gasteiger partial charge on any atom is -0.324 e. The van der Waals surface area contributed by atoms with Gasteiger partial charge in [0.25, 0.3) is 11.6 Å². The maximum absolute atomic E-state index is 14.1. The molecule has 11 heteroatoms. The fraction of sp³-hybridized carbons (Fsp3) is 0.167. The number of nitrogens with zero attached hydrogens (tertiary/aromatic N) is 2. The van der Waals surface area contributed by atoms with Crippen molar-refractivity contribution in [1.29, 1.82) is 0 Å². The van der Waals surface area contributed by atoms with E-state index in [1.807, 2.05) is 0 Å². The Hall–Kier alpha value is -3.89. The van der Waals surface area contributed by atoms with Crippen LogP contribution >= 0.6 is 0 Å². The predicted octanol–water partition coefficient (Wildman–Crippen LogP) is 2.28. The highest BCUT2D eigenvalue weighted by molar-refractivity contribution is 6.10. The number of halogens is 2. The van der Waals surface area contributed by atoms with Gasteiger partial charge in [-0.25, -0.2) is 13.6 Å². The fourth-order valence-electron chi connectivity index (χ4n) is 2.95. The van der Waals surface area contributed by atoms with Gasteiger partial charge in [-0.05, 0) is 31.2 Å². The fourth-order valence-corrected chi connectivity index (χ4v) is 2.95. The number of carbonyl (C=O) groups is 3. The highest BCUT2D eigenvalue weighted by Gasteiger charge is 2.50. The van der Waals surface area contributed by atoms with Gasteiger partial charge in [0.05, 0.1) is 4.92 Å². The van der Waals surface area contributed by atoms with Gasteiger partial charge in [-0.15, -0.1) is 0 Å². The van der Waals surface area contributed by atoms with Crippen molar-refractivity contribution in [2.24, 2.45) is 0 Å². The molecule has 0 spiro atoms. The molecule has 0 saturated carbocycles. The largest absolute Gasteiger partial charge is 0.325 e. The number of urea groups is 1. The zero-order valence-corrected chi connectivity index (χ0v) is 14.9. The van der Waals surface area contributed by atoms with Crippen LogP contribution in [0.1, 0.15) is 12.5 Å². The molecule has 3 rings (SSSR count). The van der Waals surface area contributed by atoms with Gasteiger partial charge in [-0.3, -0.25) is 24.6 Å². The molecular formula is C18H14F2N4O5. The molecular weight excluding hydrogens is 390 g/mol. The Morgan fingerprint density at radius 3 is 2.66 bits per heavy atom. The Bertz CT molecular complexity index is 1040. The van der Waals surface area contributed by atoms with E-state index >= 15 is 0 Å². The molecule has 0 aliphatic carbocycles. The number of amides is 4. The summed E-state index contributed by atoms with van der Waals surface area (Å²) in [5.74, 6) is -3.45. The van der Waals surface area contributed by atoms with Crippen molar-refractivity contribution in [3.8, 4) is 0 Å². The molecule has 2 aromatic rings. The van der Waals surface area contributed by atoms with Crippen molar-refractivity contribution < 1.29 is 28.1 Å². The Morgan fingerprint density at radius 1 is 1.24 bits per heavy atom. The number of nitro groups is 1. The van der Waals surface area contributed by atoms with Gasteiger partial charge < -0.3 is 10.6 Å². The number of carbonyl (C=O) groups excluding carboxylic acids is 3. The van der Waals surface area contributed by atoms with E-state index < -0.39 is 46.5 Å². The summed E-state index contributed by atoms with van der Waals surface area (Å²) in [5, 5.41) is 15.4. The third-order valence-corrected chi connectivity index (χ3v) is 4.38. The molecule has 1 saturated heterocycles. The van der Waals surface area contributed by atoms with Crippen molar-refractivity contribution in [2.45, 2.75) is 12.5 Å². The molecule has 4 amide bonds. The molecule has 0 unspecified atom stereocenters. The number of nitro benzene ring substituents is 1. The van der Waals surface area contributed by atoms with E-state index in [1.54, 1.807) is 0 Å². The van der Waals surface area contributed by atoms with Crippen LogP contribution in [0, 0.1) is 21.7 Å². The predicted molar refractivity (Wildman–Crippen MR) is 95.7 cm³/mol. The standard InChI is InChI=1S/C18H14F2N4O5/c1-18(13-7-10(19)5-6-14(13)20)16(26)23(17(27)22-18)9-15(25)21-11-3-2-4-12(8-11)24(28)29/h2-8H,9H2,1H3,(H,21,25)(H,22,27)/t18-/m0/s1. The van der Waals surface area contributed by atoms with Crippen LogP contribution in [0.2, 0.25) is 0 Å². The minimum absolute atomic E-state index is 0.0928. The Kier molecular flexibility index (Phi) is 4.97. The van der Waals surface area contributed by atoms with Crippen LogP contribution in [0.25, 0.3) is 0 Å². The molecule has 150 valence electrons. The molecule has 9 nitrogen and oxygen atoms in total. The first-order valence-corrected chi connectivity index (χ1v) is 8.26. The maximum Gasteiger partial charge on any atom is 0.325 e. The van der Waals surface area contributed by atoms with Gasteiger partial charge in [0.2, 0.25) is 5.91 Å². The molecule has 0 aromatic heterocycles. The van der Waals surface area contributed by atoms with E-state index in [0.29, 0.717) is 4.90 Å². The minimum atomic E-state index is -1.89. The third-order valence-electron chi connectivity index (χ3n) is 4.38. The first-order valence-electron chi connectivity index (χ1n) is 8.26. The number of hydrogen-bond acceptors (Lipinski definition) is 5. The summed E-state index contributed by atoms with van der Waals surface area (Å²) < 4.78 is 27.6. The zero-order chi connectivity index (χ0) is 21.3. The Balaban J connectivity index is 1.78. The van der Waals surface area contributed by atoms with Crippen LogP contribution in [-0.2, 0) is 15.1 Å². The smallest absolute Gasteiger partial charge is 0.324 e. The monoisotopic (exact) mass is 404 g/mol. The van der Waals surface area contributed by atoms with E-state index in [4.69, 9.17) is 0 Å². The van der Waals surface area contributed by atoms with E-state index in [-0.39, 0.29) is 16.9 Å². The molecule has 1 heterocycles. The maximum atomic E-state index is 14.1. The molecule has 2 N–H and O–H groups in total. The highest BCUT2D eigenvalue weighted by Crippen LogP contribution is 2.31. The lowest BCUT2D eigenvalue weighted by atomic mass is 9.91. The normalized spacial score (nSPS) is 18.5. The average Bonchev–Trinajstić information content (AvgIpc) is 2.87. The first-order chi connectivity index (χ1) is 13.6. The van der Waals surface area contributed by atoms with Crippen LogP contribution in [0.3, 0.4) is 0 Å². The molecule has 29 heavy (non-hydrogen) atoms. The lowest BCUT2D eigenvalue weighted by Crippen LogP contribution is -2.42. The zero-order valence-electron chi connectivity index (χ0n) is 14.9. The molecule has 2 aromatic carbocycles. The molecule has 1 aliphatic heterocycles. The summed E-state index contributed by atoms with van der Waals surface area (Å²) in [4.78, 5) is 47.8. The lowest BCUT2D eigenvalue weighted by Gasteiger charge is -2.22. The van der Waals surface area contributed by atoms with Crippen LogP contribution in [0.15, 0.2) is 42.5 Å². The van der Waals surface area contributed by atoms with Crippen molar-refractivity contribution >= 4 is 29.2 Å². The number of nitrogens with one attached hydrogen (secondary N) is 2. The van der Waals surface area contributed by atoms with Crippen molar-refractivity contribution in [3.63, 3.8) is 0 Å². The SMILES string of the molecule is C[C@@]1(c2cc(F)ccc2F)NC(=O)N(CC(=O)Nc2cccc([N+](=O)[O-])c2)C1=O. The van der Waals surface area contributed by atoms with Gasteiger partial charge in [-0.1, -0.05) is 6.07 Å². The molecule has 1 fully saturated rings. The Labute approximate surface area is 162 Å². The van der Waals surface area contributed by atoms with Crippen LogP contribution in [0.5, 0.6) is 0 Å². The lowest BCUT2D eigenvalue weighted by molar-refractivity contribution is -0.384. The highest BCUT2D eigenvalue weighted by atomic mass is 19.1. The number of anilines is 1. The van der Waals surface area contributed by atoms with E-state index in [1.165, 1.54) is 25.1 Å². The summed E-state index contributed by atoms with van der Waals surface area (Å²) in [6.07, 6.45) is 0. The number of rotatable bonds is 5. The summed E-state index contributed by atoms with van der Waals surface area (Å²) >= 11 is 0. The second kappa shape index (κ2) is 7.26. The van der Waals surface area contributed by atoms with Crippen molar-refractivity contribution in [3.05, 3.63) is 69.8 Å². The Morgan fingerprint density at radius 2 is 1.97 bits per heavy atom. The summed E-state index contributed by atoms with van der Waals surface area (Å²) in [7, 11) is 0. The number of hydrogen-bond donors (Lipinski definition) is 2. The molecule has 0 radical (unpaired) electrons. The van der Waals surface area contributed by atoms with Crippen molar-refractivity contribution in [1.82, 2.24) is 10.2 Å². The number of imide groups is 1. The van der Waals surface area contributed by atoms with Gasteiger partial charge >= 0.3 is 6.03 Å². The van der Waals surface area contributed by atoms with E-state index in [0.717, 1.165) is 24.3 Å². The summed E-state index contributed by atoms with van der Waals surface area (Å²) in [6, 6.07) is 6.60. The van der Waals surface area contributed by atoms with Gasteiger partial charge in [0, 0.05) is 23.4 Å². The molecule has 1 aliphatic rings.